The fourth-order valence-corrected chi connectivity index (χ4v) is 4.84. The Bertz CT molecular complexity index is 594. The zero-order chi connectivity index (χ0) is 15.4. The Morgan fingerprint density at radius 3 is 1.57 bits per heavy atom. The summed E-state index contributed by atoms with van der Waals surface area (Å²) in [5.74, 6) is 1.75. The molecule has 8 heteroatoms. The van der Waals surface area contributed by atoms with Crippen molar-refractivity contribution in [3.63, 3.8) is 0 Å². The molecule has 0 heterocycles. The van der Waals surface area contributed by atoms with Gasteiger partial charge in [-0.2, -0.15) is 16.8 Å². The molecule has 6 nitrogen and oxygen atoms in total. The van der Waals surface area contributed by atoms with Crippen molar-refractivity contribution < 1.29 is 25.2 Å². The summed E-state index contributed by atoms with van der Waals surface area (Å²) in [4.78, 5) is 0. The Morgan fingerprint density at radius 2 is 1.24 bits per heavy atom. The molecule has 2 saturated carbocycles. The van der Waals surface area contributed by atoms with Gasteiger partial charge in [0.2, 0.25) is 0 Å². The first-order chi connectivity index (χ1) is 9.66. The molecule has 2 fully saturated rings. The molecule has 0 saturated heterocycles. The lowest BCUT2D eigenvalue weighted by Gasteiger charge is -2.44. The average Bonchev–Trinajstić information content (AvgIpc) is 3.13. The summed E-state index contributed by atoms with van der Waals surface area (Å²) >= 11 is 0. The molecule has 0 amide bonds. The molecule has 21 heavy (non-hydrogen) atoms. The van der Waals surface area contributed by atoms with E-state index < -0.39 is 20.2 Å². The highest BCUT2D eigenvalue weighted by molar-refractivity contribution is 7.86. The quantitative estimate of drug-likeness (QED) is 0.522. The van der Waals surface area contributed by atoms with E-state index in [9.17, 15) is 16.8 Å². The van der Waals surface area contributed by atoms with E-state index in [-0.39, 0.29) is 36.9 Å². The maximum absolute atomic E-state index is 11.2. The van der Waals surface area contributed by atoms with Crippen LogP contribution in [0.1, 0.15) is 6.42 Å². The van der Waals surface area contributed by atoms with Crippen molar-refractivity contribution in [3.8, 4) is 0 Å². The van der Waals surface area contributed by atoms with E-state index in [1.54, 1.807) is 0 Å². The molecular formula is C13H20O6S2. The van der Waals surface area contributed by atoms with Crippen LogP contribution in [0.2, 0.25) is 0 Å². The minimum atomic E-state index is -3.49. The Kier molecular flexibility index (Phi) is 3.71. The van der Waals surface area contributed by atoms with Crippen LogP contribution in [-0.2, 0) is 28.6 Å². The summed E-state index contributed by atoms with van der Waals surface area (Å²) in [7, 11) is -6.99. The Labute approximate surface area is 125 Å². The zero-order valence-corrected chi connectivity index (χ0v) is 13.6. The Balaban J connectivity index is 1.75. The van der Waals surface area contributed by atoms with Gasteiger partial charge in [-0.15, -0.1) is 0 Å². The average molecular weight is 336 g/mol. The van der Waals surface area contributed by atoms with E-state index in [0.29, 0.717) is 11.8 Å². The molecule has 0 spiro atoms. The molecular weight excluding hydrogens is 316 g/mol. The maximum atomic E-state index is 11.2. The second-order valence-corrected chi connectivity index (χ2v) is 9.70. The van der Waals surface area contributed by atoms with E-state index in [1.807, 2.05) is 0 Å². The molecule has 0 aromatic carbocycles. The van der Waals surface area contributed by atoms with Gasteiger partial charge in [-0.25, -0.2) is 0 Å². The highest BCUT2D eigenvalue weighted by Crippen LogP contribution is 2.63. The van der Waals surface area contributed by atoms with Crippen molar-refractivity contribution in [1.29, 1.82) is 0 Å². The lowest BCUT2D eigenvalue weighted by molar-refractivity contribution is 0.0379. The Morgan fingerprint density at radius 1 is 0.857 bits per heavy atom. The van der Waals surface area contributed by atoms with Crippen LogP contribution in [0, 0.1) is 35.5 Å². The molecule has 0 aliphatic heterocycles. The fourth-order valence-electron chi connectivity index (χ4n) is 4.03. The highest BCUT2D eigenvalue weighted by Gasteiger charge is 2.59. The highest BCUT2D eigenvalue weighted by atomic mass is 32.2. The fraction of sp³-hybridized carbons (Fsp3) is 0.846. The molecule has 4 aliphatic rings. The van der Waals surface area contributed by atoms with Gasteiger partial charge in [0, 0.05) is 0 Å². The van der Waals surface area contributed by atoms with E-state index in [0.717, 1.165) is 18.9 Å². The molecule has 0 unspecified atom stereocenters. The van der Waals surface area contributed by atoms with Gasteiger partial charge < -0.3 is 0 Å². The number of hydrogen-bond acceptors (Lipinski definition) is 6. The Hall–Kier alpha value is -0.440. The summed E-state index contributed by atoms with van der Waals surface area (Å²) in [6, 6.07) is 0. The van der Waals surface area contributed by atoms with Gasteiger partial charge in [0.15, 0.2) is 0 Å². The normalized spacial score (nSPS) is 41.0. The van der Waals surface area contributed by atoms with Gasteiger partial charge in [0.25, 0.3) is 20.2 Å². The largest absolute Gasteiger partial charge is 0.270 e. The van der Waals surface area contributed by atoms with Crippen LogP contribution in [0.3, 0.4) is 0 Å². The van der Waals surface area contributed by atoms with Crippen LogP contribution in [0.15, 0.2) is 12.2 Å². The van der Waals surface area contributed by atoms with E-state index in [4.69, 9.17) is 8.37 Å². The number of hydrogen-bond donors (Lipinski definition) is 0. The van der Waals surface area contributed by atoms with Crippen LogP contribution in [-0.4, -0.2) is 42.6 Å². The molecule has 4 rings (SSSR count). The number of rotatable bonds is 6. The predicted molar refractivity (Wildman–Crippen MR) is 76.3 cm³/mol. The molecule has 2 bridgehead atoms. The molecule has 0 aromatic heterocycles. The monoisotopic (exact) mass is 336 g/mol. The summed E-state index contributed by atoms with van der Waals surface area (Å²) in [5.41, 5.74) is 0. The SMILES string of the molecule is CS(=O)(=O)OC[C@@H]1[C@H]2C=C[C@@H]([C@@H]1COS(C)(=O)=O)[C@@H]1C[C@H]21. The molecule has 6 atom stereocenters. The zero-order valence-electron chi connectivity index (χ0n) is 12.0. The minimum absolute atomic E-state index is 0.000208. The number of allylic oxidation sites excluding steroid dienone is 2. The third-order valence-electron chi connectivity index (χ3n) is 4.92. The van der Waals surface area contributed by atoms with Crippen LogP contribution >= 0.6 is 0 Å². The first-order valence-corrected chi connectivity index (χ1v) is 10.7. The van der Waals surface area contributed by atoms with Gasteiger partial charge >= 0.3 is 0 Å². The number of fused-ring (bicyclic) bond motifs is 1. The molecule has 0 radical (unpaired) electrons. The smallest absolute Gasteiger partial charge is 0.264 e. The van der Waals surface area contributed by atoms with E-state index in [1.165, 1.54) is 0 Å². The summed E-state index contributed by atoms with van der Waals surface area (Å²) in [6.07, 6.45) is 7.49. The lowest BCUT2D eigenvalue weighted by atomic mass is 9.63. The summed E-state index contributed by atoms with van der Waals surface area (Å²) < 4.78 is 54.9. The molecule has 120 valence electrons. The van der Waals surface area contributed by atoms with Crippen LogP contribution in [0.25, 0.3) is 0 Å². The molecule has 4 aliphatic carbocycles. The van der Waals surface area contributed by atoms with Crippen molar-refractivity contribution in [1.82, 2.24) is 0 Å². The van der Waals surface area contributed by atoms with Crippen LogP contribution in [0.5, 0.6) is 0 Å². The second-order valence-electron chi connectivity index (χ2n) is 6.41. The maximum Gasteiger partial charge on any atom is 0.264 e. The van der Waals surface area contributed by atoms with Gasteiger partial charge in [-0.05, 0) is 41.9 Å². The van der Waals surface area contributed by atoms with Crippen molar-refractivity contribution in [3.05, 3.63) is 12.2 Å². The predicted octanol–water partition coefficient (Wildman–Crippen LogP) is 0.623. The first-order valence-electron chi connectivity index (χ1n) is 7.03. The first kappa shape index (κ1) is 15.5. The topological polar surface area (TPSA) is 86.7 Å². The lowest BCUT2D eigenvalue weighted by Crippen LogP contribution is -2.43. The standard InChI is InChI=1S/C13H20O6S2/c1-20(14,15)18-6-12-8-3-4-9(11-5-10(8)11)13(12)7-19-21(2,16)17/h3-4,8-13H,5-7H2,1-2H3/t8-,9+,10+,11-,12+,13-. The molecule has 0 N–H and O–H groups in total. The molecule has 0 aromatic rings. The van der Waals surface area contributed by atoms with Gasteiger partial charge in [0.05, 0.1) is 25.7 Å². The van der Waals surface area contributed by atoms with E-state index >= 15 is 0 Å². The van der Waals surface area contributed by atoms with Crippen molar-refractivity contribution in [2.24, 2.45) is 35.5 Å². The van der Waals surface area contributed by atoms with Crippen LogP contribution < -0.4 is 0 Å². The van der Waals surface area contributed by atoms with Crippen molar-refractivity contribution >= 4 is 20.2 Å². The van der Waals surface area contributed by atoms with Crippen molar-refractivity contribution in [2.45, 2.75) is 6.42 Å². The van der Waals surface area contributed by atoms with Gasteiger partial charge in [-0.1, -0.05) is 12.2 Å². The summed E-state index contributed by atoms with van der Waals surface area (Å²) in [5, 5.41) is 0. The second kappa shape index (κ2) is 5.04. The minimum Gasteiger partial charge on any atom is -0.270 e. The van der Waals surface area contributed by atoms with Crippen molar-refractivity contribution in [2.75, 3.05) is 25.7 Å². The van der Waals surface area contributed by atoms with Crippen LogP contribution in [0.4, 0.5) is 0 Å². The van der Waals surface area contributed by atoms with E-state index in [2.05, 4.69) is 12.2 Å². The third kappa shape index (κ3) is 3.33. The van der Waals surface area contributed by atoms with Gasteiger partial charge in [-0.3, -0.25) is 8.37 Å². The summed E-state index contributed by atoms with van der Waals surface area (Å²) in [6.45, 7) is 0.205. The van der Waals surface area contributed by atoms with Gasteiger partial charge in [0.1, 0.15) is 0 Å². The third-order valence-corrected chi connectivity index (χ3v) is 6.05.